The first-order valence-electron chi connectivity index (χ1n) is 7.61. The van der Waals surface area contributed by atoms with E-state index in [0.717, 1.165) is 5.56 Å². The standard InChI is InChI=1S/C14H19N5O3.CH5N.CH2O/c1-18-7-9(6-10(18)14(21)22-3)13-17-11(8-19(13)2)16-12(20)4-5-15;2*1-2/h6-8H,4-5,15H2,1-3H3,(H,16,20);2H2,1H3;1H2. The number of imidazole rings is 1. The number of esters is 1. The first-order valence-corrected chi connectivity index (χ1v) is 7.61. The summed E-state index contributed by atoms with van der Waals surface area (Å²) in [6.07, 6.45) is 3.72. The summed E-state index contributed by atoms with van der Waals surface area (Å²) in [5.74, 6) is 0.475. The van der Waals surface area contributed by atoms with Crippen LogP contribution in [0.4, 0.5) is 5.82 Å². The Kier molecular flexibility index (Phi) is 10.2. The normalized spacial score (nSPS) is 9.31. The second-order valence-corrected chi connectivity index (χ2v) is 4.86. The van der Waals surface area contributed by atoms with Crippen molar-refractivity contribution in [2.75, 3.05) is 26.0 Å². The summed E-state index contributed by atoms with van der Waals surface area (Å²) < 4.78 is 8.17. The fourth-order valence-electron chi connectivity index (χ4n) is 2.13. The number of carbonyl (C=O) groups excluding carboxylic acids is 3. The predicted octanol–water partition coefficient (Wildman–Crippen LogP) is -0.110. The van der Waals surface area contributed by atoms with E-state index in [0.29, 0.717) is 17.3 Å². The van der Waals surface area contributed by atoms with Gasteiger partial charge in [0.15, 0.2) is 5.82 Å². The Labute approximate surface area is 152 Å². The van der Waals surface area contributed by atoms with Crippen LogP contribution in [0.15, 0.2) is 18.5 Å². The van der Waals surface area contributed by atoms with Crippen LogP contribution < -0.4 is 16.8 Å². The van der Waals surface area contributed by atoms with Crippen molar-refractivity contribution in [3.8, 4) is 11.4 Å². The summed E-state index contributed by atoms with van der Waals surface area (Å²) in [5, 5.41) is 2.68. The largest absolute Gasteiger partial charge is 0.464 e. The molecule has 1 amide bonds. The van der Waals surface area contributed by atoms with E-state index in [1.165, 1.54) is 14.2 Å². The molecule has 0 saturated heterocycles. The highest BCUT2D eigenvalue weighted by atomic mass is 16.5. The molecule has 0 unspecified atom stereocenters. The third-order valence-corrected chi connectivity index (χ3v) is 3.17. The van der Waals surface area contributed by atoms with Gasteiger partial charge < -0.3 is 35.4 Å². The maximum atomic E-state index is 11.6. The van der Waals surface area contributed by atoms with Crippen molar-refractivity contribution in [3.05, 3.63) is 24.2 Å². The smallest absolute Gasteiger partial charge is 0.354 e. The molecule has 26 heavy (non-hydrogen) atoms. The number of methoxy groups -OCH3 is 1. The molecule has 0 saturated carbocycles. The fraction of sp³-hybridized carbons (Fsp3) is 0.375. The zero-order valence-corrected chi connectivity index (χ0v) is 15.5. The summed E-state index contributed by atoms with van der Waals surface area (Å²) in [7, 11) is 6.40. The molecule has 0 atom stereocenters. The molecule has 0 fully saturated rings. The van der Waals surface area contributed by atoms with Crippen LogP contribution in [0.3, 0.4) is 0 Å². The molecule has 0 spiro atoms. The van der Waals surface area contributed by atoms with E-state index in [-0.39, 0.29) is 18.9 Å². The minimum absolute atomic E-state index is 0.185. The number of carbonyl (C=O) groups is 3. The zero-order valence-electron chi connectivity index (χ0n) is 15.5. The van der Waals surface area contributed by atoms with E-state index in [4.69, 9.17) is 15.3 Å². The number of amides is 1. The van der Waals surface area contributed by atoms with Gasteiger partial charge in [0.2, 0.25) is 5.91 Å². The average molecular weight is 366 g/mol. The lowest BCUT2D eigenvalue weighted by atomic mass is 10.3. The summed E-state index contributed by atoms with van der Waals surface area (Å²) in [6.45, 7) is 2.28. The van der Waals surface area contributed by atoms with Crippen molar-refractivity contribution < 1.29 is 19.1 Å². The number of aromatic nitrogens is 3. The molecule has 2 rings (SSSR count). The Morgan fingerprint density at radius 1 is 1.23 bits per heavy atom. The number of hydrogen-bond acceptors (Lipinski definition) is 7. The van der Waals surface area contributed by atoms with Gasteiger partial charge in [-0.3, -0.25) is 4.79 Å². The first-order chi connectivity index (χ1) is 12.5. The Morgan fingerprint density at radius 2 is 1.85 bits per heavy atom. The van der Waals surface area contributed by atoms with E-state index in [1.54, 1.807) is 34.6 Å². The highest BCUT2D eigenvalue weighted by Crippen LogP contribution is 2.23. The minimum atomic E-state index is -0.417. The number of nitrogens with zero attached hydrogens (tertiary/aromatic N) is 3. The lowest BCUT2D eigenvalue weighted by Gasteiger charge is -1.98. The quantitative estimate of drug-likeness (QED) is 0.625. The summed E-state index contributed by atoms with van der Waals surface area (Å²) in [5.41, 5.74) is 11.0. The molecule has 2 aromatic rings. The molecule has 0 aliphatic heterocycles. The molecule has 2 aromatic heterocycles. The van der Waals surface area contributed by atoms with Gasteiger partial charge in [-0.1, -0.05) is 0 Å². The van der Waals surface area contributed by atoms with Gasteiger partial charge >= 0.3 is 5.97 Å². The molecular weight excluding hydrogens is 340 g/mol. The minimum Gasteiger partial charge on any atom is -0.464 e. The average Bonchev–Trinajstić information content (AvgIpc) is 3.20. The lowest BCUT2D eigenvalue weighted by molar-refractivity contribution is -0.116. The third kappa shape index (κ3) is 5.83. The van der Waals surface area contributed by atoms with Crippen molar-refractivity contribution in [2.24, 2.45) is 25.6 Å². The molecule has 0 bridgehead atoms. The molecular formula is C16H26N6O4. The molecule has 0 aliphatic carbocycles. The van der Waals surface area contributed by atoms with Crippen LogP contribution in [0.5, 0.6) is 0 Å². The Morgan fingerprint density at radius 3 is 2.38 bits per heavy atom. The zero-order chi connectivity index (χ0) is 20.3. The highest BCUT2D eigenvalue weighted by molar-refractivity contribution is 5.91. The van der Waals surface area contributed by atoms with E-state index in [1.807, 2.05) is 13.8 Å². The molecule has 5 N–H and O–H groups in total. The van der Waals surface area contributed by atoms with Gasteiger partial charge in [-0.05, 0) is 13.1 Å². The molecule has 10 heteroatoms. The monoisotopic (exact) mass is 366 g/mol. The van der Waals surface area contributed by atoms with E-state index in [9.17, 15) is 9.59 Å². The number of nitrogens with two attached hydrogens (primary N) is 2. The van der Waals surface area contributed by atoms with Gasteiger partial charge in [0.05, 0.1) is 7.11 Å². The summed E-state index contributed by atoms with van der Waals surface area (Å²) in [4.78, 5) is 35.6. The van der Waals surface area contributed by atoms with Crippen LogP contribution in [0.2, 0.25) is 0 Å². The molecule has 0 aliphatic rings. The van der Waals surface area contributed by atoms with Crippen molar-refractivity contribution >= 4 is 24.5 Å². The van der Waals surface area contributed by atoms with Gasteiger partial charge in [-0.25, -0.2) is 9.78 Å². The number of hydrogen-bond donors (Lipinski definition) is 3. The lowest BCUT2D eigenvalue weighted by Crippen LogP contribution is -2.16. The molecule has 2 heterocycles. The van der Waals surface area contributed by atoms with Crippen molar-refractivity contribution in [1.29, 1.82) is 0 Å². The van der Waals surface area contributed by atoms with Gasteiger partial charge in [-0.15, -0.1) is 0 Å². The summed E-state index contributed by atoms with van der Waals surface area (Å²) >= 11 is 0. The Hall–Kier alpha value is -2.98. The van der Waals surface area contributed by atoms with E-state index >= 15 is 0 Å². The van der Waals surface area contributed by atoms with Crippen LogP contribution in [-0.2, 0) is 28.4 Å². The van der Waals surface area contributed by atoms with Gasteiger partial charge in [0.25, 0.3) is 0 Å². The van der Waals surface area contributed by atoms with Crippen LogP contribution >= 0.6 is 0 Å². The molecule has 0 radical (unpaired) electrons. The SMILES string of the molecule is C=O.CN.COC(=O)c1cc(-c2nc(NC(=O)CCN)cn2C)cn1C. The fourth-order valence-corrected chi connectivity index (χ4v) is 2.13. The number of aryl methyl sites for hydroxylation is 2. The van der Waals surface area contributed by atoms with E-state index in [2.05, 4.69) is 16.0 Å². The maximum absolute atomic E-state index is 11.6. The Bertz CT molecular complexity index is 722. The second kappa shape index (κ2) is 11.6. The number of nitrogens with one attached hydrogen (secondary N) is 1. The van der Waals surface area contributed by atoms with E-state index < -0.39 is 5.97 Å². The summed E-state index contributed by atoms with van der Waals surface area (Å²) in [6, 6.07) is 1.69. The molecule has 0 aromatic carbocycles. The highest BCUT2D eigenvalue weighted by Gasteiger charge is 2.16. The van der Waals surface area contributed by atoms with Crippen LogP contribution in [-0.4, -0.2) is 53.5 Å². The Balaban J connectivity index is 0.00000146. The number of ether oxygens (including phenoxy) is 1. The maximum Gasteiger partial charge on any atom is 0.354 e. The van der Waals surface area contributed by atoms with Gasteiger partial charge in [0.1, 0.15) is 18.3 Å². The van der Waals surface area contributed by atoms with Crippen LogP contribution in [0, 0.1) is 0 Å². The number of anilines is 1. The van der Waals surface area contributed by atoms with Crippen LogP contribution in [0.25, 0.3) is 11.4 Å². The topological polar surface area (TPSA) is 147 Å². The first kappa shape index (κ1) is 23.0. The third-order valence-electron chi connectivity index (χ3n) is 3.17. The van der Waals surface area contributed by atoms with Gasteiger partial charge in [0, 0.05) is 45.0 Å². The van der Waals surface area contributed by atoms with Crippen molar-refractivity contribution in [2.45, 2.75) is 6.42 Å². The van der Waals surface area contributed by atoms with Crippen molar-refractivity contribution in [1.82, 2.24) is 14.1 Å². The van der Waals surface area contributed by atoms with Crippen molar-refractivity contribution in [3.63, 3.8) is 0 Å². The van der Waals surface area contributed by atoms with Crippen LogP contribution in [0.1, 0.15) is 16.9 Å². The molecule has 10 nitrogen and oxygen atoms in total. The number of rotatable bonds is 5. The second-order valence-electron chi connectivity index (χ2n) is 4.86. The molecule has 144 valence electrons. The predicted molar refractivity (Wildman–Crippen MR) is 98.5 cm³/mol. The van der Waals surface area contributed by atoms with Gasteiger partial charge in [-0.2, -0.15) is 0 Å².